The van der Waals surface area contributed by atoms with Gasteiger partial charge in [0.1, 0.15) is 5.54 Å². The molecule has 1 unspecified atom stereocenters. The minimum Gasteiger partial charge on any atom is -0.366 e. The van der Waals surface area contributed by atoms with E-state index in [2.05, 4.69) is 5.32 Å². The molecule has 128 valence electrons. The van der Waals surface area contributed by atoms with Crippen molar-refractivity contribution < 1.29 is 14.4 Å². The Morgan fingerprint density at radius 2 is 1.84 bits per heavy atom. The molecule has 1 fully saturated rings. The molecule has 1 aliphatic rings. The Bertz CT molecular complexity index is 835. The van der Waals surface area contributed by atoms with Crippen molar-refractivity contribution >= 4 is 17.8 Å². The van der Waals surface area contributed by atoms with Crippen LogP contribution in [-0.4, -0.2) is 22.7 Å². The van der Waals surface area contributed by atoms with Crippen molar-refractivity contribution in [2.24, 2.45) is 5.73 Å². The van der Waals surface area contributed by atoms with Gasteiger partial charge in [-0.15, -0.1) is 0 Å². The first-order chi connectivity index (χ1) is 12.0. The van der Waals surface area contributed by atoms with Crippen LogP contribution in [0.15, 0.2) is 54.6 Å². The summed E-state index contributed by atoms with van der Waals surface area (Å²) in [5, 5.41) is 2.84. The molecule has 0 bridgehead atoms. The summed E-state index contributed by atoms with van der Waals surface area (Å²) in [5.74, 6) is -0.845. The maximum atomic E-state index is 13.0. The van der Waals surface area contributed by atoms with Gasteiger partial charge < -0.3 is 11.1 Å². The molecule has 0 saturated carbocycles. The van der Waals surface area contributed by atoms with Gasteiger partial charge >= 0.3 is 6.03 Å². The quantitative estimate of drug-likeness (QED) is 0.819. The Balaban J connectivity index is 1.91. The number of hydrogen-bond acceptors (Lipinski definition) is 3. The van der Waals surface area contributed by atoms with Gasteiger partial charge in [0, 0.05) is 5.56 Å². The molecule has 3 rings (SSSR count). The summed E-state index contributed by atoms with van der Waals surface area (Å²) in [6.07, 6.45) is 0.444. The molecule has 6 heteroatoms. The SMILES string of the molecule is CCC1(c2ccccc2)NC(=O)N(Cc2cccc(C(N)=O)c2)C1=O. The van der Waals surface area contributed by atoms with Crippen molar-refractivity contribution in [2.75, 3.05) is 0 Å². The van der Waals surface area contributed by atoms with Crippen LogP contribution in [-0.2, 0) is 16.9 Å². The third-order valence-electron chi connectivity index (χ3n) is 4.52. The van der Waals surface area contributed by atoms with Crippen molar-refractivity contribution in [1.29, 1.82) is 0 Å². The van der Waals surface area contributed by atoms with E-state index < -0.39 is 17.5 Å². The number of amides is 4. The van der Waals surface area contributed by atoms with Crippen LogP contribution in [0, 0.1) is 0 Å². The number of imide groups is 1. The molecule has 0 aromatic heterocycles. The smallest absolute Gasteiger partial charge is 0.325 e. The Labute approximate surface area is 145 Å². The molecule has 25 heavy (non-hydrogen) atoms. The van der Waals surface area contributed by atoms with E-state index in [9.17, 15) is 14.4 Å². The van der Waals surface area contributed by atoms with Gasteiger partial charge in [0.25, 0.3) is 5.91 Å². The fraction of sp³-hybridized carbons (Fsp3) is 0.211. The summed E-state index contributed by atoms with van der Waals surface area (Å²) in [6, 6.07) is 15.4. The number of primary amides is 1. The summed E-state index contributed by atoms with van der Waals surface area (Å²) in [4.78, 5) is 38.0. The highest BCUT2D eigenvalue weighted by atomic mass is 16.2. The summed E-state index contributed by atoms with van der Waals surface area (Å²) >= 11 is 0. The van der Waals surface area contributed by atoms with Crippen LogP contribution in [0.3, 0.4) is 0 Å². The lowest BCUT2D eigenvalue weighted by Gasteiger charge is -2.25. The zero-order valence-electron chi connectivity index (χ0n) is 13.9. The van der Waals surface area contributed by atoms with Crippen LogP contribution in [0.2, 0.25) is 0 Å². The second kappa shape index (κ2) is 6.39. The van der Waals surface area contributed by atoms with E-state index in [0.717, 1.165) is 5.56 Å². The van der Waals surface area contributed by atoms with E-state index in [0.29, 0.717) is 17.5 Å². The fourth-order valence-electron chi connectivity index (χ4n) is 3.14. The topological polar surface area (TPSA) is 92.5 Å². The monoisotopic (exact) mass is 337 g/mol. The van der Waals surface area contributed by atoms with Gasteiger partial charge in [-0.3, -0.25) is 14.5 Å². The second-order valence-corrected chi connectivity index (χ2v) is 6.01. The molecule has 0 aliphatic carbocycles. The van der Waals surface area contributed by atoms with Gasteiger partial charge in [0.2, 0.25) is 5.91 Å². The standard InChI is InChI=1S/C19H19N3O3/c1-2-19(15-9-4-3-5-10-15)17(24)22(18(25)21-19)12-13-7-6-8-14(11-13)16(20)23/h3-11H,2,12H2,1H3,(H2,20,23)(H,21,25). The van der Waals surface area contributed by atoms with Gasteiger partial charge in [0.05, 0.1) is 6.54 Å². The number of nitrogens with two attached hydrogens (primary N) is 1. The number of hydrogen-bond donors (Lipinski definition) is 2. The van der Waals surface area contributed by atoms with Crippen molar-refractivity contribution in [1.82, 2.24) is 10.2 Å². The van der Waals surface area contributed by atoms with Gasteiger partial charge in [-0.1, -0.05) is 49.4 Å². The second-order valence-electron chi connectivity index (χ2n) is 6.01. The van der Waals surface area contributed by atoms with Crippen LogP contribution < -0.4 is 11.1 Å². The van der Waals surface area contributed by atoms with Gasteiger partial charge in [-0.2, -0.15) is 0 Å². The van der Waals surface area contributed by atoms with Gasteiger partial charge in [0.15, 0.2) is 0 Å². The molecular formula is C19H19N3O3. The summed E-state index contributed by atoms with van der Waals surface area (Å²) in [5.41, 5.74) is 5.99. The predicted molar refractivity (Wildman–Crippen MR) is 92.5 cm³/mol. The van der Waals surface area contributed by atoms with Crippen molar-refractivity contribution in [2.45, 2.75) is 25.4 Å². The molecular weight excluding hydrogens is 318 g/mol. The van der Waals surface area contributed by atoms with E-state index in [1.807, 2.05) is 37.3 Å². The Hall–Kier alpha value is -3.15. The number of carbonyl (C=O) groups excluding carboxylic acids is 3. The van der Waals surface area contributed by atoms with Crippen molar-refractivity contribution in [3.05, 3.63) is 71.3 Å². The molecule has 1 heterocycles. The average molecular weight is 337 g/mol. The predicted octanol–water partition coefficient (Wildman–Crippen LogP) is 2.14. The highest BCUT2D eigenvalue weighted by Crippen LogP contribution is 2.33. The summed E-state index contributed by atoms with van der Waals surface area (Å²) in [6.45, 7) is 1.95. The first-order valence-electron chi connectivity index (χ1n) is 8.06. The first kappa shape index (κ1) is 16.7. The molecule has 2 aromatic carbocycles. The Morgan fingerprint density at radius 1 is 1.12 bits per heavy atom. The van der Waals surface area contributed by atoms with Crippen LogP contribution in [0.5, 0.6) is 0 Å². The number of carbonyl (C=O) groups is 3. The molecule has 1 atom stereocenters. The van der Waals surface area contributed by atoms with Crippen LogP contribution >= 0.6 is 0 Å². The average Bonchev–Trinajstić information content (AvgIpc) is 2.88. The van der Waals surface area contributed by atoms with Crippen molar-refractivity contribution in [3.8, 4) is 0 Å². The van der Waals surface area contributed by atoms with E-state index in [1.165, 1.54) is 4.90 Å². The fourth-order valence-corrected chi connectivity index (χ4v) is 3.14. The lowest BCUT2D eigenvalue weighted by Crippen LogP contribution is -2.43. The third-order valence-corrected chi connectivity index (χ3v) is 4.52. The molecule has 4 amide bonds. The maximum Gasteiger partial charge on any atom is 0.325 e. The van der Waals surface area contributed by atoms with Gasteiger partial charge in [-0.05, 0) is 29.7 Å². The van der Waals surface area contributed by atoms with E-state index in [1.54, 1.807) is 24.3 Å². The number of nitrogens with zero attached hydrogens (tertiary/aromatic N) is 1. The molecule has 3 N–H and O–H groups in total. The third kappa shape index (κ3) is 2.87. The molecule has 0 radical (unpaired) electrons. The Morgan fingerprint density at radius 3 is 2.48 bits per heavy atom. The van der Waals surface area contributed by atoms with Gasteiger partial charge in [-0.25, -0.2) is 4.79 Å². The lowest BCUT2D eigenvalue weighted by atomic mass is 9.87. The maximum absolute atomic E-state index is 13.0. The van der Waals surface area contributed by atoms with E-state index >= 15 is 0 Å². The molecule has 2 aromatic rings. The number of rotatable bonds is 5. The lowest BCUT2D eigenvalue weighted by molar-refractivity contribution is -0.132. The minimum atomic E-state index is -1.06. The first-order valence-corrected chi connectivity index (χ1v) is 8.06. The van der Waals surface area contributed by atoms with Crippen LogP contribution in [0.25, 0.3) is 0 Å². The number of nitrogens with one attached hydrogen (secondary N) is 1. The number of urea groups is 1. The van der Waals surface area contributed by atoms with Crippen LogP contribution in [0.1, 0.15) is 34.8 Å². The Kier molecular flexibility index (Phi) is 4.27. The number of benzene rings is 2. The molecule has 1 aliphatic heterocycles. The highest BCUT2D eigenvalue weighted by molar-refractivity contribution is 6.07. The van der Waals surface area contributed by atoms with E-state index in [4.69, 9.17) is 5.73 Å². The zero-order valence-corrected chi connectivity index (χ0v) is 13.9. The molecule has 1 saturated heterocycles. The molecule has 0 spiro atoms. The normalized spacial score (nSPS) is 19.8. The van der Waals surface area contributed by atoms with Crippen molar-refractivity contribution in [3.63, 3.8) is 0 Å². The highest BCUT2D eigenvalue weighted by Gasteiger charge is 2.50. The summed E-state index contributed by atoms with van der Waals surface area (Å²) in [7, 11) is 0. The molecule has 6 nitrogen and oxygen atoms in total. The minimum absolute atomic E-state index is 0.0837. The van der Waals surface area contributed by atoms with E-state index in [-0.39, 0.29) is 12.5 Å². The zero-order chi connectivity index (χ0) is 18.0. The summed E-state index contributed by atoms with van der Waals surface area (Å²) < 4.78 is 0. The van der Waals surface area contributed by atoms with Crippen LogP contribution in [0.4, 0.5) is 4.79 Å². The largest absolute Gasteiger partial charge is 0.366 e.